The molecule has 1 aliphatic carbocycles. The summed E-state index contributed by atoms with van der Waals surface area (Å²) in [6.07, 6.45) is -2.56. The highest BCUT2D eigenvalue weighted by molar-refractivity contribution is 5.85. The third-order valence-corrected chi connectivity index (χ3v) is 6.71. The summed E-state index contributed by atoms with van der Waals surface area (Å²) in [7, 11) is 0. The molecule has 35 heavy (non-hydrogen) atoms. The molecular formula is C25H23F4N3O3. The van der Waals surface area contributed by atoms with Crippen LogP contribution < -0.4 is 4.74 Å². The van der Waals surface area contributed by atoms with Gasteiger partial charge in [0, 0.05) is 30.0 Å². The van der Waals surface area contributed by atoms with Gasteiger partial charge >= 0.3 is 6.36 Å². The number of ether oxygens (including phenoxy) is 1. The summed E-state index contributed by atoms with van der Waals surface area (Å²) in [5, 5.41) is 4.00. The Hall–Kier alpha value is -3.43. The minimum Gasteiger partial charge on any atom is -0.406 e. The Morgan fingerprint density at radius 1 is 1.11 bits per heavy atom. The first kappa shape index (κ1) is 23.3. The number of piperidine rings is 1. The van der Waals surface area contributed by atoms with Crippen molar-refractivity contribution in [3.63, 3.8) is 0 Å². The van der Waals surface area contributed by atoms with Crippen LogP contribution >= 0.6 is 0 Å². The van der Waals surface area contributed by atoms with Crippen molar-refractivity contribution in [1.82, 2.24) is 15.0 Å². The molecule has 1 saturated carbocycles. The molecule has 5 rings (SSSR count). The summed E-state index contributed by atoms with van der Waals surface area (Å²) in [6.45, 7) is 2.77. The maximum Gasteiger partial charge on any atom is 0.573 e. The monoisotopic (exact) mass is 489 g/mol. The van der Waals surface area contributed by atoms with E-state index in [2.05, 4.69) is 14.9 Å². The Bertz CT molecular complexity index is 1220. The fraction of sp³-hybridized carbons (Fsp3) is 0.400. The average molecular weight is 489 g/mol. The molecule has 2 aliphatic rings. The maximum absolute atomic E-state index is 13.6. The molecule has 1 aromatic heterocycles. The number of rotatable bonds is 5. The van der Waals surface area contributed by atoms with Crippen LogP contribution in [0.25, 0.3) is 11.4 Å². The Kier molecular flexibility index (Phi) is 5.77. The summed E-state index contributed by atoms with van der Waals surface area (Å²) >= 11 is 0. The lowest BCUT2D eigenvalue weighted by Gasteiger charge is -2.38. The van der Waals surface area contributed by atoms with Crippen LogP contribution in [0.2, 0.25) is 0 Å². The van der Waals surface area contributed by atoms with Gasteiger partial charge in [-0.3, -0.25) is 4.79 Å². The molecule has 1 amide bonds. The number of nitrogens with zero attached hydrogens (tertiary/aromatic N) is 3. The van der Waals surface area contributed by atoms with Crippen LogP contribution in [0.1, 0.15) is 49.5 Å². The van der Waals surface area contributed by atoms with Crippen molar-refractivity contribution in [3.8, 4) is 17.1 Å². The topological polar surface area (TPSA) is 68.5 Å². The molecular weight excluding hydrogens is 466 g/mol. The molecule has 2 heterocycles. The summed E-state index contributed by atoms with van der Waals surface area (Å²) in [6, 6.07) is 11.6. The number of carbonyl (C=O) groups excluding carboxylic acids is 1. The molecule has 2 fully saturated rings. The van der Waals surface area contributed by atoms with Crippen LogP contribution in [0.3, 0.4) is 0 Å². The third kappa shape index (κ3) is 5.16. The van der Waals surface area contributed by atoms with Gasteiger partial charge < -0.3 is 14.2 Å². The predicted molar refractivity (Wildman–Crippen MR) is 117 cm³/mol. The zero-order valence-corrected chi connectivity index (χ0v) is 18.9. The number of halogens is 4. The Morgan fingerprint density at radius 3 is 2.49 bits per heavy atom. The molecule has 2 aromatic carbocycles. The van der Waals surface area contributed by atoms with E-state index in [9.17, 15) is 22.4 Å². The molecule has 1 saturated heterocycles. The molecule has 10 heteroatoms. The summed E-state index contributed by atoms with van der Waals surface area (Å²) in [5.74, 6) is -0.505. The first-order chi connectivity index (χ1) is 16.6. The second-order valence-corrected chi connectivity index (χ2v) is 9.48. The molecule has 6 nitrogen and oxygen atoms in total. The highest BCUT2D eigenvalue weighted by Crippen LogP contribution is 2.48. The number of hydrogen-bond acceptors (Lipinski definition) is 5. The van der Waals surface area contributed by atoms with E-state index in [1.165, 1.54) is 24.3 Å². The van der Waals surface area contributed by atoms with Gasteiger partial charge in [-0.2, -0.15) is 4.98 Å². The normalized spacial score (nSPS) is 21.6. The molecule has 184 valence electrons. The Morgan fingerprint density at radius 2 is 1.83 bits per heavy atom. The van der Waals surface area contributed by atoms with Gasteiger partial charge in [-0.15, -0.1) is 13.2 Å². The summed E-state index contributed by atoms with van der Waals surface area (Å²) in [5.41, 5.74) is 0.886. The van der Waals surface area contributed by atoms with Crippen molar-refractivity contribution in [3.05, 3.63) is 65.8 Å². The standard InChI is InChI=1S/C25H23F4N3O3/c1-24(9-10-24)23(33)32-13-17(15-5-7-20(8-6-15)34-25(27,28)29)11-18(14-32)22-30-21(31-35-22)16-3-2-4-19(26)12-16/h2-8,12,17-18H,9-11,13-14H2,1H3. The highest BCUT2D eigenvalue weighted by Gasteiger charge is 2.49. The number of amides is 1. The summed E-state index contributed by atoms with van der Waals surface area (Å²) < 4.78 is 60.7. The molecule has 0 N–H and O–H groups in total. The number of carbonyl (C=O) groups is 1. The van der Waals surface area contributed by atoms with Crippen molar-refractivity contribution < 1.29 is 31.6 Å². The zero-order valence-electron chi connectivity index (χ0n) is 18.9. The number of aromatic nitrogens is 2. The van der Waals surface area contributed by atoms with Crippen LogP contribution in [-0.2, 0) is 4.79 Å². The minimum atomic E-state index is -4.77. The number of benzene rings is 2. The van der Waals surface area contributed by atoms with Gasteiger partial charge in [0.25, 0.3) is 0 Å². The van der Waals surface area contributed by atoms with E-state index in [-0.39, 0.29) is 34.7 Å². The first-order valence-electron chi connectivity index (χ1n) is 11.3. The second kappa shape index (κ2) is 8.66. The lowest BCUT2D eigenvalue weighted by atomic mass is 9.83. The lowest BCUT2D eigenvalue weighted by Crippen LogP contribution is -2.45. The van der Waals surface area contributed by atoms with E-state index in [0.29, 0.717) is 31.0 Å². The Labute approximate surface area is 198 Å². The number of alkyl halides is 3. The van der Waals surface area contributed by atoms with Gasteiger partial charge in [-0.1, -0.05) is 36.3 Å². The van der Waals surface area contributed by atoms with E-state index in [1.807, 2.05) is 6.92 Å². The molecule has 0 spiro atoms. The van der Waals surface area contributed by atoms with Crippen LogP contribution in [0.4, 0.5) is 17.6 Å². The van der Waals surface area contributed by atoms with E-state index in [1.54, 1.807) is 29.2 Å². The van der Waals surface area contributed by atoms with Crippen molar-refractivity contribution in [1.29, 1.82) is 0 Å². The van der Waals surface area contributed by atoms with Crippen LogP contribution in [0.5, 0.6) is 5.75 Å². The SMILES string of the molecule is CC1(C(=O)N2CC(c3ccc(OC(F)(F)F)cc3)CC(c3nc(-c4cccc(F)c4)no3)C2)CC1. The second-order valence-electron chi connectivity index (χ2n) is 9.48. The predicted octanol–water partition coefficient (Wildman–Crippen LogP) is 5.67. The smallest absolute Gasteiger partial charge is 0.406 e. The summed E-state index contributed by atoms with van der Waals surface area (Å²) in [4.78, 5) is 19.4. The maximum atomic E-state index is 13.6. The largest absolute Gasteiger partial charge is 0.573 e. The molecule has 2 atom stereocenters. The van der Waals surface area contributed by atoms with E-state index in [4.69, 9.17) is 4.52 Å². The fourth-order valence-electron chi connectivity index (χ4n) is 4.56. The first-order valence-corrected chi connectivity index (χ1v) is 11.3. The molecule has 1 aliphatic heterocycles. The van der Waals surface area contributed by atoms with Crippen molar-refractivity contribution >= 4 is 5.91 Å². The van der Waals surface area contributed by atoms with Crippen molar-refractivity contribution in [2.45, 2.75) is 44.4 Å². The highest BCUT2D eigenvalue weighted by atomic mass is 19.4. The fourth-order valence-corrected chi connectivity index (χ4v) is 4.56. The zero-order chi connectivity index (χ0) is 24.8. The molecule has 3 aromatic rings. The van der Waals surface area contributed by atoms with Gasteiger partial charge in [0.05, 0.1) is 5.92 Å². The number of hydrogen-bond donors (Lipinski definition) is 0. The van der Waals surface area contributed by atoms with Crippen LogP contribution in [0.15, 0.2) is 53.1 Å². The average Bonchev–Trinajstić information content (AvgIpc) is 3.37. The third-order valence-electron chi connectivity index (χ3n) is 6.71. The van der Waals surface area contributed by atoms with E-state index >= 15 is 0 Å². The van der Waals surface area contributed by atoms with Crippen molar-refractivity contribution in [2.24, 2.45) is 5.41 Å². The Balaban J connectivity index is 1.40. The minimum absolute atomic E-state index is 0.0501. The van der Waals surface area contributed by atoms with Gasteiger partial charge in [-0.05, 0) is 49.1 Å². The van der Waals surface area contributed by atoms with Gasteiger partial charge in [-0.25, -0.2) is 4.39 Å². The van der Waals surface area contributed by atoms with Crippen LogP contribution in [-0.4, -0.2) is 40.4 Å². The quantitative estimate of drug-likeness (QED) is 0.432. The van der Waals surface area contributed by atoms with Crippen LogP contribution in [0, 0.1) is 11.2 Å². The lowest BCUT2D eigenvalue weighted by molar-refractivity contribution is -0.274. The molecule has 2 unspecified atom stereocenters. The van der Waals surface area contributed by atoms with Gasteiger partial charge in [0.1, 0.15) is 11.6 Å². The van der Waals surface area contributed by atoms with Gasteiger partial charge in [0.15, 0.2) is 0 Å². The van der Waals surface area contributed by atoms with E-state index in [0.717, 1.165) is 18.4 Å². The van der Waals surface area contributed by atoms with E-state index < -0.39 is 12.2 Å². The van der Waals surface area contributed by atoms with Gasteiger partial charge in [0.2, 0.25) is 17.6 Å². The molecule has 0 radical (unpaired) electrons. The van der Waals surface area contributed by atoms with Crippen molar-refractivity contribution in [2.75, 3.05) is 13.1 Å². The number of likely N-dealkylation sites (tertiary alicyclic amines) is 1. The molecule has 0 bridgehead atoms.